The summed E-state index contributed by atoms with van der Waals surface area (Å²) in [7, 11) is 0. The predicted molar refractivity (Wildman–Crippen MR) is 96.6 cm³/mol. The zero-order chi connectivity index (χ0) is 17.1. The minimum atomic E-state index is 0.498. The number of hydrogen-bond donors (Lipinski definition) is 1. The summed E-state index contributed by atoms with van der Waals surface area (Å²) in [6.45, 7) is 5.22. The van der Waals surface area contributed by atoms with Gasteiger partial charge in [0.25, 0.3) is 0 Å². The van der Waals surface area contributed by atoms with Crippen LogP contribution in [0.15, 0.2) is 48.3 Å². The summed E-state index contributed by atoms with van der Waals surface area (Å²) in [5.41, 5.74) is 6.15. The summed E-state index contributed by atoms with van der Waals surface area (Å²) >= 11 is 12.0. The third-order valence-electron chi connectivity index (χ3n) is 3.57. The number of nitrogens with zero attached hydrogens (tertiary/aromatic N) is 3. The van der Waals surface area contributed by atoms with Gasteiger partial charge in [-0.15, -0.1) is 5.10 Å². The van der Waals surface area contributed by atoms with E-state index in [9.17, 15) is 0 Å². The van der Waals surface area contributed by atoms with Gasteiger partial charge in [-0.1, -0.05) is 23.2 Å². The number of aromatic nitrogens is 2. The molecule has 1 aromatic heterocycles. The molecule has 5 nitrogen and oxygen atoms in total. The average Bonchev–Trinajstić information content (AvgIpc) is 2.93. The van der Waals surface area contributed by atoms with Crippen molar-refractivity contribution in [3.05, 3.63) is 64.1 Å². The van der Waals surface area contributed by atoms with Gasteiger partial charge in [0.2, 0.25) is 5.88 Å². The second kappa shape index (κ2) is 7.20. The average molecular weight is 365 g/mol. The van der Waals surface area contributed by atoms with E-state index in [-0.39, 0.29) is 0 Å². The van der Waals surface area contributed by atoms with Crippen molar-refractivity contribution in [3.63, 3.8) is 0 Å². The zero-order valence-corrected chi connectivity index (χ0v) is 15.0. The Morgan fingerprint density at radius 1 is 1.17 bits per heavy atom. The van der Waals surface area contributed by atoms with Crippen molar-refractivity contribution in [2.45, 2.75) is 13.8 Å². The number of hydrazine groups is 1. The molecule has 0 amide bonds. The number of rotatable bonds is 5. The van der Waals surface area contributed by atoms with Crippen LogP contribution < -0.4 is 10.2 Å². The molecule has 0 fully saturated rings. The van der Waals surface area contributed by atoms with Crippen LogP contribution in [0.5, 0.6) is 5.88 Å². The van der Waals surface area contributed by atoms with Gasteiger partial charge in [0.05, 0.1) is 22.3 Å². The quantitative estimate of drug-likeness (QED) is 0.866. The topological polar surface area (TPSA) is 42.3 Å². The minimum Gasteiger partial charge on any atom is -0.475 e. The number of benzene rings is 1. The first kappa shape index (κ1) is 16.7. The van der Waals surface area contributed by atoms with Crippen molar-refractivity contribution >= 4 is 23.2 Å². The zero-order valence-electron chi connectivity index (χ0n) is 13.5. The first-order valence-electron chi connectivity index (χ1n) is 7.55. The number of allylic oxidation sites excluding steroid dienone is 2. The molecule has 2 aromatic rings. The third-order valence-corrected chi connectivity index (χ3v) is 4.31. The summed E-state index contributed by atoms with van der Waals surface area (Å²) in [5, 5.41) is 7.44. The van der Waals surface area contributed by atoms with Crippen molar-refractivity contribution in [1.82, 2.24) is 20.2 Å². The molecule has 0 atom stereocenters. The fourth-order valence-corrected chi connectivity index (χ4v) is 2.56. The summed E-state index contributed by atoms with van der Waals surface area (Å²) in [5.74, 6) is 0.575. The molecule has 1 aromatic carbocycles. The Morgan fingerprint density at radius 3 is 2.71 bits per heavy atom. The Labute approximate surface area is 151 Å². The lowest BCUT2D eigenvalue weighted by atomic mass is 10.3. The van der Waals surface area contributed by atoms with Crippen LogP contribution in [-0.4, -0.2) is 27.9 Å². The van der Waals surface area contributed by atoms with Gasteiger partial charge in [-0.05, 0) is 43.7 Å². The van der Waals surface area contributed by atoms with Crippen LogP contribution >= 0.6 is 23.2 Å². The van der Waals surface area contributed by atoms with Gasteiger partial charge < -0.3 is 10.2 Å². The Balaban J connectivity index is 1.62. The van der Waals surface area contributed by atoms with Gasteiger partial charge in [0.1, 0.15) is 6.61 Å². The van der Waals surface area contributed by atoms with Crippen LogP contribution in [0.2, 0.25) is 10.0 Å². The molecule has 2 heterocycles. The molecule has 1 N–H and O–H groups in total. The van der Waals surface area contributed by atoms with Crippen LogP contribution in [-0.2, 0) is 0 Å². The van der Waals surface area contributed by atoms with E-state index < -0.39 is 0 Å². The highest BCUT2D eigenvalue weighted by molar-refractivity contribution is 6.42. The number of ether oxygens (including phenoxy) is 1. The molecule has 0 saturated carbocycles. The van der Waals surface area contributed by atoms with Crippen LogP contribution in [0.1, 0.15) is 12.6 Å². The molecular weight excluding hydrogens is 347 g/mol. The molecule has 0 bridgehead atoms. The molecule has 1 aliphatic heterocycles. The number of aryl methyl sites for hydroxylation is 1. The highest BCUT2D eigenvalue weighted by Crippen LogP contribution is 2.25. The second-order valence-electron chi connectivity index (χ2n) is 5.51. The number of hydrogen-bond acceptors (Lipinski definition) is 4. The molecule has 0 aliphatic carbocycles. The first-order chi connectivity index (χ1) is 11.5. The molecule has 1 aliphatic rings. The van der Waals surface area contributed by atoms with Crippen molar-refractivity contribution in [2.24, 2.45) is 0 Å². The largest absolute Gasteiger partial charge is 0.475 e. The summed E-state index contributed by atoms with van der Waals surface area (Å²) in [6, 6.07) is 7.30. The molecule has 0 saturated heterocycles. The van der Waals surface area contributed by atoms with Crippen molar-refractivity contribution < 1.29 is 4.74 Å². The van der Waals surface area contributed by atoms with Crippen molar-refractivity contribution in [2.75, 3.05) is 13.2 Å². The number of nitrogens with one attached hydrogen (secondary N) is 1. The van der Waals surface area contributed by atoms with E-state index >= 15 is 0 Å². The summed E-state index contributed by atoms with van der Waals surface area (Å²) in [6.07, 6.45) is 5.97. The van der Waals surface area contributed by atoms with Crippen molar-refractivity contribution in [1.29, 1.82) is 0 Å². The SMILES string of the molecule is CC1=CNN(CCOc2cc(C)n(-c3ccc(Cl)c(Cl)c3)n2)C=C1. The fraction of sp³-hybridized carbons (Fsp3) is 0.235. The smallest absolute Gasteiger partial charge is 0.233 e. The van der Waals surface area contributed by atoms with E-state index in [2.05, 4.69) is 10.5 Å². The fourth-order valence-electron chi connectivity index (χ4n) is 2.27. The lowest BCUT2D eigenvalue weighted by Gasteiger charge is -2.23. The van der Waals surface area contributed by atoms with Crippen LogP contribution in [0.25, 0.3) is 5.69 Å². The molecular formula is C17H18Cl2N4O. The van der Waals surface area contributed by atoms with Crippen LogP contribution in [0.3, 0.4) is 0 Å². The molecule has 0 unspecified atom stereocenters. The Kier molecular flexibility index (Phi) is 5.02. The molecule has 3 rings (SSSR count). The summed E-state index contributed by atoms with van der Waals surface area (Å²) < 4.78 is 7.53. The van der Waals surface area contributed by atoms with Gasteiger partial charge in [0, 0.05) is 24.2 Å². The summed E-state index contributed by atoms with van der Waals surface area (Å²) in [4.78, 5) is 0. The Morgan fingerprint density at radius 2 is 2.00 bits per heavy atom. The minimum absolute atomic E-state index is 0.498. The Hall–Kier alpha value is -2.11. The number of halogens is 2. The molecule has 24 heavy (non-hydrogen) atoms. The van der Waals surface area contributed by atoms with E-state index in [1.54, 1.807) is 16.8 Å². The Bertz CT molecular complexity index is 798. The second-order valence-corrected chi connectivity index (χ2v) is 6.32. The van der Waals surface area contributed by atoms with E-state index in [0.29, 0.717) is 29.1 Å². The molecule has 0 spiro atoms. The van der Waals surface area contributed by atoms with E-state index in [1.807, 2.05) is 49.5 Å². The third kappa shape index (κ3) is 3.86. The van der Waals surface area contributed by atoms with E-state index in [0.717, 1.165) is 11.4 Å². The van der Waals surface area contributed by atoms with E-state index in [4.69, 9.17) is 27.9 Å². The lowest BCUT2D eigenvalue weighted by molar-refractivity contribution is 0.220. The van der Waals surface area contributed by atoms with E-state index in [1.165, 1.54) is 5.57 Å². The first-order valence-corrected chi connectivity index (χ1v) is 8.31. The highest BCUT2D eigenvalue weighted by Gasteiger charge is 2.09. The van der Waals surface area contributed by atoms with Gasteiger partial charge in [-0.25, -0.2) is 4.68 Å². The predicted octanol–water partition coefficient (Wildman–Crippen LogP) is 4.10. The molecule has 7 heteroatoms. The molecule has 126 valence electrons. The van der Waals surface area contributed by atoms with Crippen LogP contribution in [0.4, 0.5) is 0 Å². The van der Waals surface area contributed by atoms with Crippen LogP contribution in [0, 0.1) is 6.92 Å². The van der Waals surface area contributed by atoms with Gasteiger partial charge >= 0.3 is 0 Å². The van der Waals surface area contributed by atoms with Gasteiger partial charge in [0.15, 0.2) is 0 Å². The van der Waals surface area contributed by atoms with Gasteiger partial charge in [-0.2, -0.15) is 0 Å². The van der Waals surface area contributed by atoms with Gasteiger partial charge in [-0.3, -0.25) is 5.01 Å². The normalized spacial score (nSPS) is 13.7. The van der Waals surface area contributed by atoms with Crippen molar-refractivity contribution in [3.8, 4) is 11.6 Å². The maximum absolute atomic E-state index is 6.07. The standard InChI is InChI=1S/C17H18Cl2N4O/c1-12-5-6-22(20-11-12)7-8-24-17-9-13(2)23(21-17)14-3-4-15(18)16(19)10-14/h3-6,9-11,20H,7-8H2,1-2H3. The maximum atomic E-state index is 6.07. The highest BCUT2D eigenvalue weighted by atomic mass is 35.5. The maximum Gasteiger partial charge on any atom is 0.233 e. The molecule has 0 radical (unpaired) electrons. The monoisotopic (exact) mass is 364 g/mol. The lowest BCUT2D eigenvalue weighted by Crippen LogP contribution is -2.34.